The second-order valence-electron chi connectivity index (χ2n) is 5.84. The monoisotopic (exact) mass is 371 g/mol. The summed E-state index contributed by atoms with van der Waals surface area (Å²) in [6.45, 7) is 5.95. The fourth-order valence-corrected chi connectivity index (χ4v) is 3.38. The van der Waals surface area contributed by atoms with Crippen molar-refractivity contribution in [3.05, 3.63) is 52.0 Å². The summed E-state index contributed by atoms with van der Waals surface area (Å²) in [7, 11) is 0. The Bertz CT molecular complexity index is 782. The number of halogens is 1. The van der Waals surface area contributed by atoms with Crippen LogP contribution in [0.25, 0.3) is 0 Å². The molecule has 0 bridgehead atoms. The number of benzene rings is 2. The number of piperazine rings is 1. The van der Waals surface area contributed by atoms with Gasteiger partial charge in [-0.15, -0.1) is 0 Å². The number of fused-ring (bicyclic) bond motifs is 2. The Hall–Kier alpha value is -1.85. The molecule has 2 heterocycles. The van der Waals surface area contributed by atoms with Crippen LogP contribution in [0.3, 0.4) is 0 Å². The average Bonchev–Trinajstić information content (AvgIpc) is 2.73. The summed E-state index contributed by atoms with van der Waals surface area (Å²) >= 11 is 3.53. The minimum absolute atomic E-state index is 0.800. The molecule has 23 heavy (non-hydrogen) atoms. The van der Waals surface area contributed by atoms with Crippen molar-refractivity contribution < 1.29 is 4.74 Å². The van der Waals surface area contributed by atoms with Crippen molar-refractivity contribution in [1.29, 1.82) is 0 Å². The van der Waals surface area contributed by atoms with Gasteiger partial charge in [0.15, 0.2) is 5.75 Å². The molecular formula is C18H18BrN3O. The minimum Gasteiger partial charge on any atom is -0.454 e. The van der Waals surface area contributed by atoms with Crippen molar-refractivity contribution >= 4 is 27.5 Å². The third-order valence-electron chi connectivity index (χ3n) is 4.23. The third kappa shape index (κ3) is 2.75. The Morgan fingerprint density at radius 1 is 1.17 bits per heavy atom. The quantitative estimate of drug-likeness (QED) is 0.763. The lowest BCUT2D eigenvalue weighted by Gasteiger charge is -2.30. The molecule has 0 unspecified atom stereocenters. The van der Waals surface area contributed by atoms with Crippen molar-refractivity contribution in [2.75, 3.05) is 26.2 Å². The molecule has 4 rings (SSSR count). The summed E-state index contributed by atoms with van der Waals surface area (Å²) in [6.07, 6.45) is 0. The Morgan fingerprint density at radius 2 is 2.00 bits per heavy atom. The Morgan fingerprint density at radius 3 is 2.83 bits per heavy atom. The molecule has 0 spiro atoms. The normalized spacial score (nSPS) is 16.8. The lowest BCUT2D eigenvalue weighted by Crippen LogP contribution is -2.46. The lowest BCUT2D eigenvalue weighted by atomic mass is 10.1. The first kappa shape index (κ1) is 14.7. The van der Waals surface area contributed by atoms with E-state index < -0.39 is 0 Å². The summed E-state index contributed by atoms with van der Waals surface area (Å²) in [5, 5.41) is 3.40. The smallest absolute Gasteiger partial charge is 0.153 e. The molecule has 0 radical (unpaired) electrons. The number of aliphatic imine (C=N–C) groups is 1. The largest absolute Gasteiger partial charge is 0.454 e. The van der Waals surface area contributed by atoms with Crippen LogP contribution in [-0.2, 0) is 0 Å². The Kier molecular flexibility index (Phi) is 3.83. The van der Waals surface area contributed by atoms with Gasteiger partial charge < -0.3 is 15.0 Å². The standard InChI is InChI=1S/C18H18BrN3O/c1-12-3-2-4-14-17(12)23-16-6-5-13(19)11-15(16)21-18(14)22-9-7-20-8-10-22/h2-6,11,20H,7-10H2,1H3. The molecule has 1 fully saturated rings. The predicted octanol–water partition coefficient (Wildman–Crippen LogP) is 3.85. The van der Waals surface area contributed by atoms with E-state index in [1.807, 2.05) is 18.2 Å². The van der Waals surface area contributed by atoms with E-state index in [1.165, 1.54) is 0 Å². The molecule has 1 N–H and O–H groups in total. The highest BCUT2D eigenvalue weighted by atomic mass is 79.9. The molecular weight excluding hydrogens is 354 g/mol. The summed E-state index contributed by atoms with van der Waals surface area (Å²) < 4.78 is 7.24. The first-order chi connectivity index (χ1) is 11.2. The third-order valence-corrected chi connectivity index (χ3v) is 4.72. The average molecular weight is 372 g/mol. The number of nitrogens with one attached hydrogen (secondary N) is 1. The van der Waals surface area contributed by atoms with Gasteiger partial charge in [-0.05, 0) is 36.8 Å². The number of amidine groups is 1. The van der Waals surface area contributed by atoms with E-state index in [4.69, 9.17) is 9.73 Å². The maximum atomic E-state index is 6.23. The number of hydrogen-bond acceptors (Lipinski definition) is 4. The van der Waals surface area contributed by atoms with E-state index in [1.54, 1.807) is 0 Å². The van der Waals surface area contributed by atoms with Crippen LogP contribution in [0.2, 0.25) is 0 Å². The van der Waals surface area contributed by atoms with Crippen LogP contribution in [0.4, 0.5) is 5.69 Å². The van der Waals surface area contributed by atoms with Gasteiger partial charge in [0.2, 0.25) is 0 Å². The van der Waals surface area contributed by atoms with Crippen LogP contribution in [0.5, 0.6) is 11.5 Å². The van der Waals surface area contributed by atoms with Crippen LogP contribution in [0, 0.1) is 6.92 Å². The molecule has 4 nitrogen and oxygen atoms in total. The Balaban J connectivity index is 1.91. The summed E-state index contributed by atoms with van der Waals surface area (Å²) in [6, 6.07) is 12.2. The molecule has 5 heteroatoms. The molecule has 118 valence electrons. The van der Waals surface area contributed by atoms with E-state index in [2.05, 4.69) is 51.3 Å². The SMILES string of the molecule is Cc1cccc2c1Oc1ccc(Br)cc1N=C2N1CCNCC1. The summed E-state index contributed by atoms with van der Waals surface area (Å²) in [5.41, 5.74) is 3.06. The molecule has 0 aromatic heterocycles. The van der Waals surface area contributed by atoms with Crippen LogP contribution in [0.1, 0.15) is 11.1 Å². The molecule has 0 atom stereocenters. The van der Waals surface area contributed by atoms with Crippen molar-refractivity contribution in [3.8, 4) is 11.5 Å². The van der Waals surface area contributed by atoms with Crippen molar-refractivity contribution in [2.24, 2.45) is 4.99 Å². The molecule has 2 aliphatic rings. The van der Waals surface area contributed by atoms with E-state index in [0.717, 1.165) is 64.8 Å². The summed E-state index contributed by atoms with van der Waals surface area (Å²) in [4.78, 5) is 7.31. The zero-order valence-corrected chi connectivity index (χ0v) is 14.6. The number of ether oxygens (including phenoxy) is 1. The van der Waals surface area contributed by atoms with E-state index in [-0.39, 0.29) is 0 Å². The lowest BCUT2D eigenvalue weighted by molar-refractivity contribution is 0.357. The van der Waals surface area contributed by atoms with Gasteiger partial charge in [0.25, 0.3) is 0 Å². The van der Waals surface area contributed by atoms with E-state index in [0.29, 0.717) is 0 Å². The first-order valence-electron chi connectivity index (χ1n) is 7.84. The molecule has 2 aliphatic heterocycles. The van der Waals surface area contributed by atoms with Gasteiger partial charge in [-0.3, -0.25) is 0 Å². The highest BCUT2D eigenvalue weighted by molar-refractivity contribution is 9.10. The van der Waals surface area contributed by atoms with Gasteiger partial charge >= 0.3 is 0 Å². The zero-order valence-electron chi connectivity index (χ0n) is 13.0. The molecule has 0 aliphatic carbocycles. The highest BCUT2D eigenvalue weighted by Crippen LogP contribution is 2.40. The number of para-hydroxylation sites is 1. The van der Waals surface area contributed by atoms with Crippen molar-refractivity contribution in [1.82, 2.24) is 10.2 Å². The van der Waals surface area contributed by atoms with Gasteiger partial charge in [0.05, 0.1) is 5.56 Å². The maximum Gasteiger partial charge on any atom is 0.153 e. The topological polar surface area (TPSA) is 36.9 Å². The van der Waals surface area contributed by atoms with Crippen LogP contribution >= 0.6 is 15.9 Å². The van der Waals surface area contributed by atoms with Gasteiger partial charge in [-0.1, -0.05) is 28.1 Å². The summed E-state index contributed by atoms with van der Waals surface area (Å²) in [5.74, 6) is 2.71. The first-order valence-corrected chi connectivity index (χ1v) is 8.63. The number of hydrogen-bond donors (Lipinski definition) is 1. The molecule has 0 saturated carbocycles. The fraction of sp³-hybridized carbons (Fsp3) is 0.278. The zero-order chi connectivity index (χ0) is 15.8. The van der Waals surface area contributed by atoms with E-state index >= 15 is 0 Å². The Labute approximate surface area is 144 Å². The van der Waals surface area contributed by atoms with Crippen LogP contribution in [-0.4, -0.2) is 36.9 Å². The highest BCUT2D eigenvalue weighted by Gasteiger charge is 2.24. The van der Waals surface area contributed by atoms with Crippen molar-refractivity contribution in [3.63, 3.8) is 0 Å². The number of aryl methyl sites for hydroxylation is 1. The molecule has 0 amide bonds. The number of nitrogens with zero attached hydrogens (tertiary/aromatic N) is 2. The van der Waals surface area contributed by atoms with Crippen LogP contribution < -0.4 is 10.1 Å². The predicted molar refractivity (Wildman–Crippen MR) is 96.0 cm³/mol. The van der Waals surface area contributed by atoms with Gasteiger partial charge in [-0.25, -0.2) is 4.99 Å². The second-order valence-corrected chi connectivity index (χ2v) is 6.75. The van der Waals surface area contributed by atoms with Gasteiger partial charge in [0.1, 0.15) is 17.3 Å². The maximum absolute atomic E-state index is 6.23. The van der Waals surface area contributed by atoms with E-state index in [9.17, 15) is 0 Å². The second kappa shape index (κ2) is 5.98. The van der Waals surface area contributed by atoms with Crippen molar-refractivity contribution in [2.45, 2.75) is 6.92 Å². The number of rotatable bonds is 0. The molecule has 1 saturated heterocycles. The molecule has 2 aromatic carbocycles. The van der Waals surface area contributed by atoms with Crippen LogP contribution in [0.15, 0.2) is 45.9 Å². The van der Waals surface area contributed by atoms with Gasteiger partial charge in [-0.2, -0.15) is 0 Å². The molecule has 2 aromatic rings. The van der Waals surface area contributed by atoms with Gasteiger partial charge in [0, 0.05) is 30.7 Å². The fourth-order valence-electron chi connectivity index (χ4n) is 3.03. The minimum atomic E-state index is 0.800.